The van der Waals surface area contributed by atoms with Crippen LogP contribution >= 0.6 is 12.2 Å². The first-order valence-corrected chi connectivity index (χ1v) is 10.4. The highest BCUT2D eigenvalue weighted by Crippen LogP contribution is 2.28. The molecule has 0 spiro atoms. The molecule has 2 N–H and O–H groups in total. The highest BCUT2D eigenvalue weighted by molar-refractivity contribution is 7.80. The summed E-state index contributed by atoms with van der Waals surface area (Å²) in [6, 6.07) is 2.16. The van der Waals surface area contributed by atoms with E-state index in [2.05, 4.69) is 40.3 Å². The average molecular weight is 377 g/mol. The van der Waals surface area contributed by atoms with Crippen LogP contribution < -0.4 is 20.4 Å². The summed E-state index contributed by atoms with van der Waals surface area (Å²) < 4.78 is 0. The van der Waals surface area contributed by atoms with Crippen molar-refractivity contribution in [2.45, 2.75) is 46.5 Å². The van der Waals surface area contributed by atoms with Gasteiger partial charge in [0.25, 0.3) is 0 Å². The van der Waals surface area contributed by atoms with Crippen molar-refractivity contribution >= 4 is 34.9 Å². The van der Waals surface area contributed by atoms with Crippen molar-refractivity contribution in [2.75, 3.05) is 47.8 Å². The first-order chi connectivity index (χ1) is 12.5. The van der Waals surface area contributed by atoms with Crippen LogP contribution in [0.5, 0.6) is 0 Å². The highest BCUT2D eigenvalue weighted by Gasteiger charge is 2.23. The van der Waals surface area contributed by atoms with E-state index in [1.54, 1.807) is 0 Å². The van der Waals surface area contributed by atoms with Crippen molar-refractivity contribution in [1.29, 1.82) is 0 Å². The molecule has 1 aromatic rings. The fraction of sp³-hybridized carbons (Fsp3) is 0.737. The first-order valence-electron chi connectivity index (χ1n) is 9.99. The third kappa shape index (κ3) is 4.96. The molecular weight excluding hydrogens is 344 g/mol. The molecule has 0 unspecified atom stereocenters. The van der Waals surface area contributed by atoms with Gasteiger partial charge in [-0.3, -0.25) is 0 Å². The lowest BCUT2D eigenvalue weighted by Crippen LogP contribution is -2.37. The smallest absolute Gasteiger partial charge is 0.232 e. The molecule has 144 valence electrons. The Morgan fingerprint density at radius 1 is 1.08 bits per heavy atom. The van der Waals surface area contributed by atoms with Gasteiger partial charge in [-0.05, 0) is 56.7 Å². The standard InChI is InChI=1S/C19H32N6S/c1-4-20-19(26)23-18-21-16(24-9-5-7-14(2)12-24)11-17(22-18)25-10-6-8-15(3)13-25/h11,14-15H,4-10,12-13H2,1-3H3,(H2,20,21,22,23,26)/t14-,15-/m1/s1. The summed E-state index contributed by atoms with van der Waals surface area (Å²) >= 11 is 5.34. The Hall–Kier alpha value is -1.63. The molecule has 2 aliphatic rings. The number of piperidine rings is 2. The van der Waals surface area contributed by atoms with Crippen LogP contribution in [0.25, 0.3) is 0 Å². The predicted molar refractivity (Wildman–Crippen MR) is 113 cm³/mol. The van der Waals surface area contributed by atoms with Crippen molar-refractivity contribution in [1.82, 2.24) is 15.3 Å². The summed E-state index contributed by atoms with van der Waals surface area (Å²) in [6.07, 6.45) is 5.04. The lowest BCUT2D eigenvalue weighted by Gasteiger charge is -2.35. The summed E-state index contributed by atoms with van der Waals surface area (Å²) in [6.45, 7) is 11.7. The van der Waals surface area contributed by atoms with Gasteiger partial charge in [-0.1, -0.05) is 13.8 Å². The molecule has 0 bridgehead atoms. The lowest BCUT2D eigenvalue weighted by molar-refractivity contribution is 0.441. The van der Waals surface area contributed by atoms with Gasteiger partial charge in [0.15, 0.2) is 5.11 Å². The van der Waals surface area contributed by atoms with E-state index < -0.39 is 0 Å². The Bertz CT molecular complexity index is 582. The molecule has 0 amide bonds. The summed E-state index contributed by atoms with van der Waals surface area (Å²) in [4.78, 5) is 14.3. The van der Waals surface area contributed by atoms with Gasteiger partial charge < -0.3 is 20.4 Å². The number of rotatable bonds is 4. The zero-order valence-electron chi connectivity index (χ0n) is 16.3. The number of hydrogen-bond acceptors (Lipinski definition) is 5. The number of thiocarbonyl (C=S) groups is 1. The lowest BCUT2D eigenvalue weighted by atomic mass is 10.00. The number of anilines is 3. The van der Waals surface area contributed by atoms with E-state index in [-0.39, 0.29) is 0 Å². The number of aromatic nitrogens is 2. The molecule has 0 saturated carbocycles. The minimum Gasteiger partial charge on any atom is -0.363 e. The highest BCUT2D eigenvalue weighted by atomic mass is 32.1. The second-order valence-corrected chi connectivity index (χ2v) is 8.19. The van der Waals surface area contributed by atoms with Crippen molar-refractivity contribution in [3.05, 3.63) is 6.07 Å². The third-order valence-corrected chi connectivity index (χ3v) is 5.47. The van der Waals surface area contributed by atoms with E-state index in [9.17, 15) is 0 Å². The summed E-state index contributed by atoms with van der Waals surface area (Å²) in [5.41, 5.74) is 0. The van der Waals surface area contributed by atoms with E-state index in [0.717, 1.165) is 44.4 Å². The summed E-state index contributed by atoms with van der Waals surface area (Å²) in [5, 5.41) is 6.87. The summed E-state index contributed by atoms with van der Waals surface area (Å²) in [5.74, 6) is 4.04. The van der Waals surface area contributed by atoms with E-state index in [1.807, 2.05) is 6.92 Å². The second kappa shape index (κ2) is 8.84. The fourth-order valence-electron chi connectivity index (χ4n) is 3.90. The van der Waals surface area contributed by atoms with Crippen LogP contribution in [0.1, 0.15) is 46.5 Å². The quantitative estimate of drug-likeness (QED) is 0.782. The second-order valence-electron chi connectivity index (χ2n) is 7.78. The van der Waals surface area contributed by atoms with Crippen molar-refractivity contribution in [3.8, 4) is 0 Å². The van der Waals surface area contributed by atoms with Gasteiger partial charge in [-0.2, -0.15) is 9.97 Å². The van der Waals surface area contributed by atoms with Crippen LogP contribution in [0.2, 0.25) is 0 Å². The van der Waals surface area contributed by atoms with E-state index in [4.69, 9.17) is 22.2 Å². The van der Waals surface area contributed by atoms with Crippen molar-refractivity contribution < 1.29 is 0 Å². The Labute approximate surface area is 162 Å². The fourth-order valence-corrected chi connectivity index (χ4v) is 4.14. The van der Waals surface area contributed by atoms with Gasteiger partial charge in [0.05, 0.1) is 0 Å². The van der Waals surface area contributed by atoms with Crippen LogP contribution in [0.15, 0.2) is 6.07 Å². The van der Waals surface area contributed by atoms with Crippen LogP contribution in [0, 0.1) is 11.8 Å². The Morgan fingerprint density at radius 2 is 1.62 bits per heavy atom. The van der Waals surface area contributed by atoms with E-state index in [1.165, 1.54) is 25.7 Å². The zero-order valence-corrected chi connectivity index (χ0v) is 17.1. The van der Waals surface area contributed by atoms with Gasteiger partial charge in [-0.25, -0.2) is 0 Å². The van der Waals surface area contributed by atoms with Gasteiger partial charge in [0.1, 0.15) is 11.6 Å². The molecule has 2 saturated heterocycles. The zero-order chi connectivity index (χ0) is 18.5. The van der Waals surface area contributed by atoms with E-state index >= 15 is 0 Å². The van der Waals surface area contributed by atoms with E-state index in [0.29, 0.717) is 22.9 Å². The number of hydrogen-bond donors (Lipinski definition) is 2. The molecular formula is C19H32N6S. The molecule has 2 fully saturated rings. The van der Waals surface area contributed by atoms with Crippen LogP contribution in [0.3, 0.4) is 0 Å². The third-order valence-electron chi connectivity index (χ3n) is 5.22. The van der Waals surface area contributed by atoms with Crippen LogP contribution in [-0.2, 0) is 0 Å². The molecule has 3 rings (SSSR count). The minimum atomic E-state index is 0.578. The van der Waals surface area contributed by atoms with Gasteiger partial charge in [-0.15, -0.1) is 0 Å². The molecule has 6 nitrogen and oxygen atoms in total. The van der Waals surface area contributed by atoms with Crippen molar-refractivity contribution in [2.24, 2.45) is 11.8 Å². The van der Waals surface area contributed by atoms with Crippen molar-refractivity contribution in [3.63, 3.8) is 0 Å². The summed E-state index contributed by atoms with van der Waals surface area (Å²) in [7, 11) is 0. The molecule has 0 aliphatic carbocycles. The van der Waals surface area contributed by atoms with Crippen LogP contribution in [-0.4, -0.2) is 47.8 Å². The van der Waals surface area contributed by atoms with Gasteiger partial charge in [0.2, 0.25) is 5.95 Å². The molecule has 7 heteroatoms. The molecule has 3 heterocycles. The van der Waals surface area contributed by atoms with Crippen LogP contribution in [0.4, 0.5) is 17.6 Å². The largest absolute Gasteiger partial charge is 0.363 e. The first kappa shape index (κ1) is 19.1. The number of nitrogens with one attached hydrogen (secondary N) is 2. The minimum absolute atomic E-state index is 0.578. The maximum Gasteiger partial charge on any atom is 0.232 e. The SMILES string of the molecule is CCNC(=S)Nc1nc(N2CCC[C@@H](C)C2)cc(N2CCC[C@@H](C)C2)n1. The molecule has 2 atom stereocenters. The predicted octanol–water partition coefficient (Wildman–Crippen LogP) is 3.26. The van der Waals surface area contributed by atoms with Gasteiger partial charge in [0, 0.05) is 38.8 Å². The number of nitrogens with zero attached hydrogens (tertiary/aromatic N) is 4. The molecule has 2 aliphatic heterocycles. The Kier molecular flexibility index (Phi) is 6.51. The average Bonchev–Trinajstić information content (AvgIpc) is 2.61. The normalized spacial score (nSPS) is 23.7. The van der Waals surface area contributed by atoms with Gasteiger partial charge >= 0.3 is 0 Å². The Balaban J connectivity index is 1.86. The monoisotopic (exact) mass is 376 g/mol. The Morgan fingerprint density at radius 3 is 2.08 bits per heavy atom. The maximum absolute atomic E-state index is 5.34. The molecule has 0 aromatic carbocycles. The molecule has 0 radical (unpaired) electrons. The maximum atomic E-state index is 5.34. The molecule has 1 aromatic heterocycles. The topological polar surface area (TPSA) is 56.3 Å². The molecule has 26 heavy (non-hydrogen) atoms.